The van der Waals surface area contributed by atoms with Crippen LogP contribution in [0.5, 0.6) is 0 Å². The van der Waals surface area contributed by atoms with E-state index in [1.807, 2.05) is 18.2 Å². The highest BCUT2D eigenvalue weighted by Gasteiger charge is 2.26. The van der Waals surface area contributed by atoms with E-state index in [1.54, 1.807) is 6.33 Å². The lowest BCUT2D eigenvalue weighted by molar-refractivity contribution is -0.134. The fourth-order valence-corrected chi connectivity index (χ4v) is 4.28. The molecule has 3 heterocycles. The van der Waals surface area contributed by atoms with Crippen LogP contribution in [0.25, 0.3) is 10.9 Å². The van der Waals surface area contributed by atoms with Crippen LogP contribution in [0, 0.1) is 5.92 Å². The normalized spacial score (nSPS) is 19.6. The van der Waals surface area contributed by atoms with Gasteiger partial charge in [0.05, 0.1) is 5.52 Å². The van der Waals surface area contributed by atoms with Crippen molar-refractivity contribution < 1.29 is 4.79 Å². The number of piperidine rings is 1. The molecule has 27 heavy (non-hydrogen) atoms. The molecule has 1 aromatic carbocycles. The fourth-order valence-electron chi connectivity index (χ4n) is 4.28. The minimum absolute atomic E-state index is 0.344. The van der Waals surface area contributed by atoms with Gasteiger partial charge in [0, 0.05) is 51.1 Å². The molecule has 1 amide bonds. The molecular formula is C21H29N5O. The number of hydrogen-bond acceptors (Lipinski definition) is 5. The molecule has 0 atom stereocenters. The second-order valence-electron chi connectivity index (χ2n) is 7.66. The maximum atomic E-state index is 12.7. The van der Waals surface area contributed by atoms with Gasteiger partial charge in [-0.15, -0.1) is 0 Å². The highest BCUT2D eigenvalue weighted by atomic mass is 16.2. The van der Waals surface area contributed by atoms with E-state index in [0.717, 1.165) is 75.4 Å². The van der Waals surface area contributed by atoms with E-state index in [1.165, 1.54) is 0 Å². The molecular weight excluding hydrogens is 338 g/mol. The Morgan fingerprint density at radius 1 is 1.04 bits per heavy atom. The lowest BCUT2D eigenvalue weighted by Crippen LogP contribution is -2.49. The maximum absolute atomic E-state index is 12.7. The van der Waals surface area contributed by atoms with Crippen molar-refractivity contribution in [2.45, 2.75) is 26.2 Å². The van der Waals surface area contributed by atoms with Crippen molar-refractivity contribution in [1.29, 1.82) is 0 Å². The van der Waals surface area contributed by atoms with Crippen LogP contribution in [0.15, 0.2) is 30.6 Å². The second kappa shape index (κ2) is 8.21. The standard InChI is InChI=1S/C21H29N5O/c1-2-24-11-13-25(14-12-24)20(27)15-17-7-9-26(10-8-17)21-18-5-3-4-6-19(18)22-16-23-21/h3-6,16-17H,2,7-15H2,1H3. The predicted molar refractivity (Wildman–Crippen MR) is 108 cm³/mol. The summed E-state index contributed by atoms with van der Waals surface area (Å²) in [5.41, 5.74) is 0.992. The van der Waals surface area contributed by atoms with Crippen molar-refractivity contribution in [2.24, 2.45) is 5.92 Å². The van der Waals surface area contributed by atoms with Gasteiger partial charge in [-0.05, 0) is 37.4 Å². The number of para-hydroxylation sites is 1. The third-order valence-corrected chi connectivity index (χ3v) is 6.07. The number of anilines is 1. The number of nitrogens with zero attached hydrogens (tertiary/aromatic N) is 5. The molecule has 4 rings (SSSR count). The topological polar surface area (TPSA) is 52.6 Å². The number of benzene rings is 1. The minimum atomic E-state index is 0.344. The van der Waals surface area contributed by atoms with Gasteiger partial charge >= 0.3 is 0 Å². The first-order valence-electron chi connectivity index (χ1n) is 10.2. The summed E-state index contributed by atoms with van der Waals surface area (Å²) in [5, 5.41) is 1.11. The first kappa shape index (κ1) is 18.2. The number of carbonyl (C=O) groups is 1. The number of carbonyl (C=O) groups excluding carboxylic acids is 1. The highest BCUT2D eigenvalue weighted by Crippen LogP contribution is 2.28. The molecule has 0 saturated carbocycles. The van der Waals surface area contributed by atoms with E-state index in [9.17, 15) is 4.79 Å². The van der Waals surface area contributed by atoms with Gasteiger partial charge in [0.1, 0.15) is 12.1 Å². The summed E-state index contributed by atoms with van der Waals surface area (Å²) >= 11 is 0. The van der Waals surface area contributed by atoms with Gasteiger partial charge in [0.2, 0.25) is 5.91 Å². The smallest absolute Gasteiger partial charge is 0.222 e. The SMILES string of the molecule is CCN1CCN(C(=O)CC2CCN(c3ncnc4ccccc34)CC2)CC1. The Labute approximate surface area is 161 Å². The summed E-state index contributed by atoms with van der Waals surface area (Å²) in [6.07, 6.45) is 4.46. The van der Waals surface area contributed by atoms with Gasteiger partial charge in [-0.3, -0.25) is 4.79 Å². The van der Waals surface area contributed by atoms with Crippen molar-refractivity contribution in [3.05, 3.63) is 30.6 Å². The molecule has 2 aliphatic heterocycles. The third-order valence-electron chi connectivity index (χ3n) is 6.07. The summed E-state index contributed by atoms with van der Waals surface area (Å²) in [5.74, 6) is 1.86. The molecule has 2 fully saturated rings. The third kappa shape index (κ3) is 4.05. The fraction of sp³-hybridized carbons (Fsp3) is 0.571. The molecule has 0 bridgehead atoms. The molecule has 0 aliphatic carbocycles. The quantitative estimate of drug-likeness (QED) is 0.831. The van der Waals surface area contributed by atoms with Crippen molar-refractivity contribution in [1.82, 2.24) is 19.8 Å². The van der Waals surface area contributed by atoms with Crippen LogP contribution in [-0.4, -0.2) is 71.5 Å². The number of amides is 1. The van der Waals surface area contributed by atoms with Crippen LogP contribution >= 0.6 is 0 Å². The average Bonchev–Trinajstić information content (AvgIpc) is 2.74. The van der Waals surface area contributed by atoms with Gasteiger partial charge < -0.3 is 14.7 Å². The van der Waals surface area contributed by atoms with Gasteiger partial charge in [0.25, 0.3) is 0 Å². The molecule has 0 radical (unpaired) electrons. The van der Waals surface area contributed by atoms with E-state index in [4.69, 9.17) is 0 Å². The first-order valence-corrected chi connectivity index (χ1v) is 10.2. The zero-order valence-corrected chi connectivity index (χ0v) is 16.2. The van der Waals surface area contributed by atoms with Crippen molar-refractivity contribution >= 4 is 22.6 Å². The molecule has 1 aromatic heterocycles. The van der Waals surface area contributed by atoms with E-state index < -0.39 is 0 Å². The summed E-state index contributed by atoms with van der Waals surface area (Å²) in [4.78, 5) is 28.4. The minimum Gasteiger partial charge on any atom is -0.356 e. The Balaban J connectivity index is 1.32. The van der Waals surface area contributed by atoms with E-state index in [0.29, 0.717) is 18.2 Å². The maximum Gasteiger partial charge on any atom is 0.222 e. The van der Waals surface area contributed by atoms with Crippen molar-refractivity contribution in [2.75, 3.05) is 50.7 Å². The van der Waals surface area contributed by atoms with E-state index in [2.05, 4.69) is 37.7 Å². The molecule has 6 nitrogen and oxygen atoms in total. The summed E-state index contributed by atoms with van der Waals surface area (Å²) in [7, 11) is 0. The van der Waals surface area contributed by atoms with Crippen LogP contribution in [0.4, 0.5) is 5.82 Å². The summed E-state index contributed by atoms with van der Waals surface area (Å²) in [6, 6.07) is 8.18. The van der Waals surface area contributed by atoms with E-state index in [-0.39, 0.29) is 0 Å². The Hall–Kier alpha value is -2.21. The van der Waals surface area contributed by atoms with Crippen LogP contribution in [0.2, 0.25) is 0 Å². The number of fused-ring (bicyclic) bond motifs is 1. The Kier molecular flexibility index (Phi) is 5.53. The molecule has 2 aromatic rings. The lowest BCUT2D eigenvalue weighted by atomic mass is 9.92. The Morgan fingerprint density at radius 3 is 2.52 bits per heavy atom. The Bertz CT molecular complexity index is 774. The zero-order valence-electron chi connectivity index (χ0n) is 16.2. The van der Waals surface area contributed by atoms with E-state index >= 15 is 0 Å². The first-order chi connectivity index (χ1) is 13.2. The molecule has 6 heteroatoms. The zero-order chi connectivity index (χ0) is 18.6. The molecule has 0 N–H and O–H groups in total. The lowest BCUT2D eigenvalue weighted by Gasteiger charge is -2.36. The number of aromatic nitrogens is 2. The Morgan fingerprint density at radius 2 is 1.78 bits per heavy atom. The molecule has 144 valence electrons. The second-order valence-corrected chi connectivity index (χ2v) is 7.66. The van der Waals surface area contributed by atoms with Gasteiger partial charge in [-0.1, -0.05) is 19.1 Å². The summed E-state index contributed by atoms with van der Waals surface area (Å²) in [6.45, 7) is 9.00. The average molecular weight is 367 g/mol. The van der Waals surface area contributed by atoms with Gasteiger partial charge in [0.15, 0.2) is 0 Å². The van der Waals surface area contributed by atoms with Crippen molar-refractivity contribution in [3.8, 4) is 0 Å². The number of hydrogen-bond donors (Lipinski definition) is 0. The van der Waals surface area contributed by atoms with Gasteiger partial charge in [-0.25, -0.2) is 9.97 Å². The number of rotatable bonds is 4. The van der Waals surface area contributed by atoms with Crippen LogP contribution in [0.3, 0.4) is 0 Å². The van der Waals surface area contributed by atoms with Crippen LogP contribution in [0.1, 0.15) is 26.2 Å². The van der Waals surface area contributed by atoms with Gasteiger partial charge in [-0.2, -0.15) is 0 Å². The molecule has 2 aliphatic rings. The monoisotopic (exact) mass is 367 g/mol. The van der Waals surface area contributed by atoms with Crippen molar-refractivity contribution in [3.63, 3.8) is 0 Å². The van der Waals surface area contributed by atoms with Crippen LogP contribution in [-0.2, 0) is 4.79 Å². The largest absolute Gasteiger partial charge is 0.356 e. The summed E-state index contributed by atoms with van der Waals surface area (Å²) < 4.78 is 0. The van der Waals surface area contributed by atoms with Crippen LogP contribution < -0.4 is 4.90 Å². The molecule has 0 unspecified atom stereocenters. The number of likely N-dealkylation sites (N-methyl/N-ethyl adjacent to an activating group) is 1. The highest BCUT2D eigenvalue weighted by molar-refractivity contribution is 5.89. The molecule has 2 saturated heterocycles. The predicted octanol–water partition coefficient (Wildman–Crippen LogP) is 2.40. The molecule has 0 spiro atoms. The number of piperazine rings is 1.